The van der Waals surface area contributed by atoms with Crippen molar-refractivity contribution in [3.05, 3.63) is 34.9 Å². The first-order chi connectivity index (χ1) is 9.04. The van der Waals surface area contributed by atoms with Crippen molar-refractivity contribution in [2.24, 2.45) is 0 Å². The van der Waals surface area contributed by atoms with Gasteiger partial charge in [-0.3, -0.25) is 9.59 Å². The molecule has 2 amide bonds. The summed E-state index contributed by atoms with van der Waals surface area (Å²) in [6.45, 7) is 0.523. The number of nitrogens with one attached hydrogen (secondary N) is 1. The van der Waals surface area contributed by atoms with E-state index in [1.165, 1.54) is 4.90 Å². The van der Waals surface area contributed by atoms with Gasteiger partial charge in [0.25, 0.3) is 0 Å². The van der Waals surface area contributed by atoms with Crippen LogP contribution in [-0.4, -0.2) is 22.8 Å². The molecule has 3 rings (SSSR count). The van der Waals surface area contributed by atoms with E-state index in [1.54, 1.807) is 0 Å². The van der Waals surface area contributed by atoms with Crippen molar-refractivity contribution in [1.29, 1.82) is 0 Å². The van der Waals surface area contributed by atoms with E-state index >= 15 is 0 Å². The quantitative estimate of drug-likeness (QED) is 0.827. The van der Waals surface area contributed by atoms with Crippen molar-refractivity contribution in [1.82, 2.24) is 10.2 Å². The fraction of sp³-hybridized carbons (Fsp3) is 0.385. The normalized spacial score (nSPS) is 21.5. The van der Waals surface area contributed by atoms with Crippen LogP contribution in [0.25, 0.3) is 0 Å². The Labute approximate surface area is 108 Å². The first-order valence-corrected chi connectivity index (χ1v) is 6.09. The summed E-state index contributed by atoms with van der Waals surface area (Å²) in [5.41, 5.74) is 1.24. The summed E-state index contributed by atoms with van der Waals surface area (Å²) in [7, 11) is 0. The van der Waals surface area contributed by atoms with Gasteiger partial charge in [0, 0.05) is 19.5 Å². The number of carbonyl (C=O) groups excluding carboxylic acids is 2. The van der Waals surface area contributed by atoms with Gasteiger partial charge in [-0.1, -0.05) is 0 Å². The number of carbonyl (C=O) groups is 2. The van der Waals surface area contributed by atoms with Gasteiger partial charge in [0.1, 0.15) is 6.04 Å². The molecule has 1 fully saturated rings. The molecule has 2 heterocycles. The molecule has 0 bridgehead atoms. The van der Waals surface area contributed by atoms with Crippen molar-refractivity contribution < 1.29 is 18.4 Å². The molecule has 1 aromatic rings. The maximum absolute atomic E-state index is 13.1. The lowest BCUT2D eigenvalue weighted by atomic mass is 10.1. The van der Waals surface area contributed by atoms with Gasteiger partial charge in [0.15, 0.2) is 11.6 Å². The van der Waals surface area contributed by atoms with Crippen LogP contribution < -0.4 is 5.32 Å². The number of hydrogen-bond donors (Lipinski definition) is 1. The smallest absolute Gasteiger partial charge is 0.245 e. The largest absolute Gasteiger partial charge is 0.344 e. The Morgan fingerprint density at radius 1 is 1.21 bits per heavy atom. The summed E-state index contributed by atoms with van der Waals surface area (Å²) in [6, 6.07) is 1.76. The first kappa shape index (κ1) is 12.1. The van der Waals surface area contributed by atoms with Crippen molar-refractivity contribution in [2.75, 3.05) is 0 Å². The Hall–Kier alpha value is -1.98. The molecule has 1 saturated heterocycles. The fourth-order valence-corrected chi connectivity index (χ4v) is 2.57. The van der Waals surface area contributed by atoms with Crippen molar-refractivity contribution >= 4 is 11.8 Å². The molecule has 1 N–H and O–H groups in total. The van der Waals surface area contributed by atoms with Crippen LogP contribution in [0.15, 0.2) is 12.1 Å². The maximum Gasteiger partial charge on any atom is 0.245 e. The lowest BCUT2D eigenvalue weighted by molar-refractivity contribution is -0.134. The van der Waals surface area contributed by atoms with Crippen LogP contribution in [0.3, 0.4) is 0 Å². The topological polar surface area (TPSA) is 49.4 Å². The number of nitrogens with zero attached hydrogens (tertiary/aromatic N) is 1. The SMILES string of the molecule is O=C1CCC(C(=O)N2Cc3cc(F)c(F)cc3C2)N1. The molecule has 0 spiro atoms. The Morgan fingerprint density at radius 3 is 2.26 bits per heavy atom. The van der Waals surface area contributed by atoms with Gasteiger partial charge >= 0.3 is 0 Å². The molecule has 6 heteroatoms. The Bertz CT molecular complexity index is 543. The van der Waals surface area contributed by atoms with Crippen LogP contribution in [0.4, 0.5) is 8.78 Å². The number of amides is 2. The molecular weight excluding hydrogens is 254 g/mol. The maximum atomic E-state index is 13.1. The molecule has 1 aromatic carbocycles. The minimum absolute atomic E-state index is 0.132. The second-order valence-electron chi connectivity index (χ2n) is 4.89. The van der Waals surface area contributed by atoms with E-state index < -0.39 is 17.7 Å². The van der Waals surface area contributed by atoms with Crippen LogP contribution in [0, 0.1) is 11.6 Å². The monoisotopic (exact) mass is 266 g/mol. The van der Waals surface area contributed by atoms with Crippen LogP contribution in [0.2, 0.25) is 0 Å². The van der Waals surface area contributed by atoms with Gasteiger partial charge in [-0.25, -0.2) is 8.78 Å². The lowest BCUT2D eigenvalue weighted by Gasteiger charge is -2.19. The number of halogens is 2. The highest BCUT2D eigenvalue weighted by Crippen LogP contribution is 2.26. The van der Waals surface area contributed by atoms with E-state index in [1.807, 2.05) is 0 Å². The molecule has 0 saturated carbocycles. The molecule has 2 aliphatic rings. The van der Waals surface area contributed by atoms with Gasteiger partial charge in [-0.05, 0) is 29.7 Å². The van der Waals surface area contributed by atoms with E-state index in [2.05, 4.69) is 5.32 Å². The van der Waals surface area contributed by atoms with Crippen LogP contribution in [0.5, 0.6) is 0 Å². The molecule has 1 unspecified atom stereocenters. The number of hydrogen-bond acceptors (Lipinski definition) is 2. The zero-order valence-electron chi connectivity index (χ0n) is 10.1. The molecule has 0 aliphatic carbocycles. The second-order valence-corrected chi connectivity index (χ2v) is 4.89. The number of fused-ring (bicyclic) bond motifs is 1. The third-order valence-electron chi connectivity index (χ3n) is 3.57. The lowest BCUT2D eigenvalue weighted by Crippen LogP contribution is -2.42. The van der Waals surface area contributed by atoms with Crippen molar-refractivity contribution in [2.45, 2.75) is 32.0 Å². The Morgan fingerprint density at radius 2 is 1.79 bits per heavy atom. The fourth-order valence-electron chi connectivity index (χ4n) is 2.57. The third-order valence-corrected chi connectivity index (χ3v) is 3.57. The van der Waals surface area contributed by atoms with Gasteiger partial charge < -0.3 is 10.2 Å². The van der Waals surface area contributed by atoms with Gasteiger partial charge in [0.2, 0.25) is 11.8 Å². The van der Waals surface area contributed by atoms with E-state index in [-0.39, 0.29) is 24.9 Å². The van der Waals surface area contributed by atoms with Crippen molar-refractivity contribution in [3.63, 3.8) is 0 Å². The molecule has 0 radical (unpaired) electrons. The van der Waals surface area contributed by atoms with E-state index in [9.17, 15) is 18.4 Å². The zero-order valence-corrected chi connectivity index (χ0v) is 10.1. The van der Waals surface area contributed by atoms with E-state index in [0.29, 0.717) is 24.0 Å². The molecule has 0 aromatic heterocycles. The number of benzene rings is 1. The highest BCUT2D eigenvalue weighted by Gasteiger charge is 2.33. The van der Waals surface area contributed by atoms with Gasteiger partial charge in [-0.15, -0.1) is 0 Å². The molecule has 4 nitrogen and oxygen atoms in total. The summed E-state index contributed by atoms with van der Waals surface area (Å²) in [6.07, 6.45) is 0.827. The highest BCUT2D eigenvalue weighted by atomic mass is 19.2. The zero-order chi connectivity index (χ0) is 13.6. The predicted molar refractivity (Wildman–Crippen MR) is 61.8 cm³/mol. The van der Waals surface area contributed by atoms with E-state index in [0.717, 1.165) is 12.1 Å². The molecule has 1 atom stereocenters. The second kappa shape index (κ2) is 4.29. The van der Waals surface area contributed by atoms with Crippen LogP contribution in [-0.2, 0) is 22.7 Å². The van der Waals surface area contributed by atoms with Crippen LogP contribution in [0.1, 0.15) is 24.0 Å². The van der Waals surface area contributed by atoms with Gasteiger partial charge in [-0.2, -0.15) is 0 Å². The molecule has 100 valence electrons. The summed E-state index contributed by atoms with van der Waals surface area (Å²) in [5.74, 6) is -2.13. The summed E-state index contributed by atoms with van der Waals surface area (Å²) >= 11 is 0. The minimum atomic E-state index is -0.901. The predicted octanol–water partition coefficient (Wildman–Crippen LogP) is 1.09. The minimum Gasteiger partial charge on any atom is -0.344 e. The summed E-state index contributed by atoms with van der Waals surface area (Å²) in [4.78, 5) is 24.8. The van der Waals surface area contributed by atoms with Crippen molar-refractivity contribution in [3.8, 4) is 0 Å². The highest BCUT2D eigenvalue weighted by molar-refractivity contribution is 5.91. The first-order valence-electron chi connectivity index (χ1n) is 6.09. The third kappa shape index (κ3) is 2.07. The molecule has 19 heavy (non-hydrogen) atoms. The average molecular weight is 266 g/mol. The molecule has 2 aliphatic heterocycles. The van der Waals surface area contributed by atoms with Gasteiger partial charge in [0.05, 0.1) is 0 Å². The Balaban J connectivity index is 1.76. The van der Waals surface area contributed by atoms with E-state index in [4.69, 9.17) is 0 Å². The van der Waals surface area contributed by atoms with Crippen LogP contribution >= 0.6 is 0 Å². The molecular formula is C13H12F2N2O2. The standard InChI is InChI=1S/C13H12F2N2O2/c14-9-3-7-5-17(6-8(7)4-10(9)15)13(19)11-1-2-12(18)16-11/h3-4,11H,1-2,5-6H2,(H,16,18). The summed E-state index contributed by atoms with van der Waals surface area (Å²) in [5, 5.41) is 2.60. The summed E-state index contributed by atoms with van der Waals surface area (Å²) < 4.78 is 26.2. The number of rotatable bonds is 1. The average Bonchev–Trinajstić information content (AvgIpc) is 2.95. The Kier molecular flexibility index (Phi) is 2.73.